The molecule has 3 nitrogen and oxygen atoms in total. The van der Waals surface area contributed by atoms with Crippen molar-refractivity contribution in [3.63, 3.8) is 0 Å². The number of anilines is 1. The van der Waals surface area contributed by atoms with Crippen LogP contribution in [0.5, 0.6) is 0 Å². The summed E-state index contributed by atoms with van der Waals surface area (Å²) in [7, 11) is 0. The van der Waals surface area contributed by atoms with Gasteiger partial charge < -0.3 is 10.4 Å². The Labute approximate surface area is 86.7 Å². The van der Waals surface area contributed by atoms with E-state index in [0.717, 1.165) is 17.7 Å². The van der Waals surface area contributed by atoms with Crippen LogP contribution in [-0.2, 0) is 11.2 Å². The number of para-hydroxylation sites is 1. The zero-order valence-corrected chi connectivity index (χ0v) is 8.21. The van der Waals surface area contributed by atoms with Crippen molar-refractivity contribution in [2.75, 3.05) is 5.32 Å². The van der Waals surface area contributed by atoms with Crippen molar-refractivity contribution in [3.05, 3.63) is 28.8 Å². The quantitative estimate of drug-likeness (QED) is 0.749. The number of aliphatic carboxylic acids is 1. The topological polar surface area (TPSA) is 49.3 Å². The maximum absolute atomic E-state index is 10.8. The van der Waals surface area contributed by atoms with Crippen molar-refractivity contribution in [1.29, 1.82) is 0 Å². The van der Waals surface area contributed by atoms with E-state index in [1.165, 1.54) is 0 Å². The van der Waals surface area contributed by atoms with Crippen LogP contribution < -0.4 is 5.32 Å². The van der Waals surface area contributed by atoms with E-state index in [1.54, 1.807) is 6.07 Å². The molecule has 0 amide bonds. The van der Waals surface area contributed by atoms with Gasteiger partial charge in [0.05, 0.1) is 10.7 Å². The fourth-order valence-electron chi connectivity index (χ4n) is 1.67. The minimum Gasteiger partial charge on any atom is -0.480 e. The van der Waals surface area contributed by atoms with Gasteiger partial charge in [0.1, 0.15) is 6.04 Å². The second-order valence-corrected chi connectivity index (χ2v) is 3.75. The molecular weight excluding hydrogens is 202 g/mol. The number of benzene rings is 1. The van der Waals surface area contributed by atoms with Crippen LogP contribution in [-0.4, -0.2) is 17.1 Å². The van der Waals surface area contributed by atoms with Gasteiger partial charge in [0.2, 0.25) is 0 Å². The van der Waals surface area contributed by atoms with Crippen molar-refractivity contribution >= 4 is 23.3 Å². The number of aryl methyl sites for hydroxylation is 1. The van der Waals surface area contributed by atoms with Gasteiger partial charge in [-0.25, -0.2) is 4.79 Å². The van der Waals surface area contributed by atoms with E-state index in [0.29, 0.717) is 11.4 Å². The Morgan fingerprint density at radius 2 is 2.36 bits per heavy atom. The third-order valence-corrected chi connectivity index (χ3v) is 2.73. The number of hydrogen-bond acceptors (Lipinski definition) is 2. The number of carboxylic acids is 1. The van der Waals surface area contributed by atoms with Gasteiger partial charge in [0.25, 0.3) is 0 Å². The molecule has 0 aliphatic carbocycles. The van der Waals surface area contributed by atoms with Crippen molar-refractivity contribution in [1.82, 2.24) is 0 Å². The first-order chi connectivity index (χ1) is 6.68. The van der Waals surface area contributed by atoms with Gasteiger partial charge in [-0.15, -0.1) is 0 Å². The second kappa shape index (κ2) is 3.50. The average molecular weight is 212 g/mol. The summed E-state index contributed by atoms with van der Waals surface area (Å²) in [5.41, 5.74) is 1.86. The summed E-state index contributed by atoms with van der Waals surface area (Å²) >= 11 is 5.96. The minimum atomic E-state index is -0.824. The summed E-state index contributed by atoms with van der Waals surface area (Å²) in [5.74, 6) is -0.824. The van der Waals surface area contributed by atoms with Crippen LogP contribution in [0.15, 0.2) is 18.2 Å². The van der Waals surface area contributed by atoms with Gasteiger partial charge in [-0.1, -0.05) is 23.7 Å². The Morgan fingerprint density at radius 1 is 1.57 bits per heavy atom. The molecule has 2 N–H and O–H groups in total. The SMILES string of the molecule is O=C(O)[C@H]1CCc2cccc(Cl)c2N1. The Balaban J connectivity index is 2.33. The standard InChI is InChI=1S/C10H10ClNO2/c11-7-3-1-2-6-4-5-8(10(13)14)12-9(6)7/h1-3,8,12H,4-5H2,(H,13,14)/t8-/m1/s1. The largest absolute Gasteiger partial charge is 0.480 e. The lowest BCUT2D eigenvalue weighted by atomic mass is 9.98. The maximum Gasteiger partial charge on any atom is 0.326 e. The lowest BCUT2D eigenvalue weighted by Crippen LogP contribution is -2.33. The number of carboxylic acid groups (broad SMARTS) is 1. The van der Waals surface area contributed by atoms with Gasteiger partial charge in [0, 0.05) is 0 Å². The molecule has 0 spiro atoms. The zero-order chi connectivity index (χ0) is 10.1. The molecule has 1 aliphatic heterocycles. The smallest absolute Gasteiger partial charge is 0.326 e. The predicted molar refractivity (Wildman–Crippen MR) is 54.8 cm³/mol. The molecule has 1 aliphatic rings. The number of nitrogens with one attached hydrogen (secondary N) is 1. The molecular formula is C10H10ClNO2. The summed E-state index contributed by atoms with van der Waals surface area (Å²) in [6.45, 7) is 0. The lowest BCUT2D eigenvalue weighted by Gasteiger charge is -2.24. The highest BCUT2D eigenvalue weighted by molar-refractivity contribution is 6.33. The van der Waals surface area contributed by atoms with E-state index in [1.807, 2.05) is 12.1 Å². The van der Waals surface area contributed by atoms with Crippen molar-refractivity contribution in [2.45, 2.75) is 18.9 Å². The number of halogens is 1. The number of fused-ring (bicyclic) bond motifs is 1. The third kappa shape index (κ3) is 1.55. The van der Waals surface area contributed by atoms with Gasteiger partial charge in [-0.3, -0.25) is 0 Å². The summed E-state index contributed by atoms with van der Waals surface area (Å²) in [6, 6.07) is 5.09. The summed E-state index contributed by atoms with van der Waals surface area (Å²) < 4.78 is 0. The van der Waals surface area contributed by atoms with Crippen LogP contribution in [0, 0.1) is 0 Å². The van der Waals surface area contributed by atoms with Crippen LogP contribution in [0.3, 0.4) is 0 Å². The Bertz CT molecular complexity index is 378. The summed E-state index contributed by atoms with van der Waals surface area (Å²) in [6.07, 6.45) is 1.38. The molecule has 0 aromatic heterocycles. The highest BCUT2D eigenvalue weighted by Crippen LogP contribution is 2.31. The molecule has 2 rings (SSSR count). The molecule has 0 saturated heterocycles. The molecule has 14 heavy (non-hydrogen) atoms. The first kappa shape index (κ1) is 9.34. The van der Waals surface area contributed by atoms with E-state index < -0.39 is 12.0 Å². The van der Waals surface area contributed by atoms with E-state index in [9.17, 15) is 4.79 Å². The number of carbonyl (C=O) groups is 1. The monoisotopic (exact) mass is 211 g/mol. The van der Waals surface area contributed by atoms with Crippen LogP contribution in [0.2, 0.25) is 5.02 Å². The number of hydrogen-bond donors (Lipinski definition) is 2. The fraction of sp³-hybridized carbons (Fsp3) is 0.300. The maximum atomic E-state index is 10.8. The van der Waals surface area contributed by atoms with Crippen LogP contribution in [0.4, 0.5) is 5.69 Å². The fourth-order valence-corrected chi connectivity index (χ4v) is 1.92. The Kier molecular flexibility index (Phi) is 2.33. The van der Waals surface area contributed by atoms with E-state index in [4.69, 9.17) is 16.7 Å². The van der Waals surface area contributed by atoms with Crippen molar-refractivity contribution in [2.24, 2.45) is 0 Å². The van der Waals surface area contributed by atoms with E-state index in [2.05, 4.69) is 5.32 Å². The number of rotatable bonds is 1. The molecule has 0 saturated carbocycles. The molecule has 0 bridgehead atoms. The molecule has 4 heteroatoms. The molecule has 1 aromatic carbocycles. The Hall–Kier alpha value is -1.22. The molecule has 1 aromatic rings. The average Bonchev–Trinajstić information content (AvgIpc) is 2.18. The first-order valence-corrected chi connectivity index (χ1v) is 4.83. The van der Waals surface area contributed by atoms with Crippen LogP contribution in [0.1, 0.15) is 12.0 Å². The van der Waals surface area contributed by atoms with Crippen LogP contribution in [0.25, 0.3) is 0 Å². The first-order valence-electron chi connectivity index (χ1n) is 4.45. The third-order valence-electron chi connectivity index (χ3n) is 2.42. The lowest BCUT2D eigenvalue weighted by molar-refractivity contribution is -0.138. The van der Waals surface area contributed by atoms with E-state index >= 15 is 0 Å². The summed E-state index contributed by atoms with van der Waals surface area (Å²) in [4.78, 5) is 10.8. The normalized spacial score (nSPS) is 19.6. The molecule has 1 heterocycles. The molecule has 74 valence electrons. The van der Waals surface area contributed by atoms with Crippen molar-refractivity contribution in [3.8, 4) is 0 Å². The molecule has 0 radical (unpaired) electrons. The molecule has 1 atom stereocenters. The van der Waals surface area contributed by atoms with Gasteiger partial charge in [0.15, 0.2) is 0 Å². The van der Waals surface area contributed by atoms with Gasteiger partial charge in [-0.2, -0.15) is 0 Å². The van der Waals surface area contributed by atoms with Gasteiger partial charge in [-0.05, 0) is 24.5 Å². The second-order valence-electron chi connectivity index (χ2n) is 3.35. The molecule has 0 fully saturated rings. The predicted octanol–water partition coefficient (Wildman–Crippen LogP) is 2.15. The van der Waals surface area contributed by atoms with Crippen LogP contribution >= 0.6 is 11.6 Å². The highest BCUT2D eigenvalue weighted by atomic mass is 35.5. The Morgan fingerprint density at radius 3 is 3.07 bits per heavy atom. The minimum absolute atomic E-state index is 0.512. The van der Waals surface area contributed by atoms with Crippen molar-refractivity contribution < 1.29 is 9.90 Å². The summed E-state index contributed by atoms with van der Waals surface area (Å²) in [5, 5.41) is 12.4. The van der Waals surface area contributed by atoms with E-state index in [-0.39, 0.29) is 0 Å². The highest BCUT2D eigenvalue weighted by Gasteiger charge is 2.24. The molecule has 0 unspecified atom stereocenters. The van der Waals surface area contributed by atoms with Gasteiger partial charge >= 0.3 is 5.97 Å². The zero-order valence-electron chi connectivity index (χ0n) is 7.46.